The van der Waals surface area contributed by atoms with Crippen molar-refractivity contribution in [2.45, 2.75) is 12.5 Å². The summed E-state index contributed by atoms with van der Waals surface area (Å²) in [4.78, 5) is 25.2. The third-order valence-corrected chi connectivity index (χ3v) is 4.22. The maximum atomic E-state index is 12.9. The summed E-state index contributed by atoms with van der Waals surface area (Å²) in [6.07, 6.45) is 0.262. The van der Waals surface area contributed by atoms with Crippen molar-refractivity contribution in [3.05, 3.63) is 58.4 Å². The van der Waals surface area contributed by atoms with Crippen molar-refractivity contribution in [1.29, 1.82) is 0 Å². The molecule has 26 heavy (non-hydrogen) atoms. The van der Waals surface area contributed by atoms with Crippen molar-refractivity contribution >= 4 is 16.9 Å². The predicted octanol–water partition coefficient (Wildman–Crippen LogP) is 1.48. The summed E-state index contributed by atoms with van der Waals surface area (Å²) in [6.45, 7) is 0.0894. The van der Waals surface area contributed by atoms with Gasteiger partial charge in [0.2, 0.25) is 6.79 Å². The van der Waals surface area contributed by atoms with E-state index in [2.05, 4.69) is 10.3 Å². The first-order valence-corrected chi connectivity index (χ1v) is 7.98. The van der Waals surface area contributed by atoms with Gasteiger partial charge in [0.15, 0.2) is 17.5 Å². The van der Waals surface area contributed by atoms with E-state index in [0.717, 1.165) is 10.2 Å². The average Bonchev–Trinajstić information content (AvgIpc) is 3.13. The molecule has 1 atom stereocenters. The molecule has 132 valence electrons. The van der Waals surface area contributed by atoms with Gasteiger partial charge in [-0.3, -0.25) is 4.79 Å². The second-order valence-corrected chi connectivity index (χ2v) is 5.79. The fourth-order valence-electron chi connectivity index (χ4n) is 2.89. The number of methoxy groups -OCH3 is 1. The molecule has 1 aliphatic heterocycles. The molecular formula is C18H15N3O5. The third kappa shape index (κ3) is 2.75. The minimum atomic E-state index is -0.919. The van der Waals surface area contributed by atoms with Crippen LogP contribution in [-0.2, 0) is 16.0 Å². The number of benzene rings is 2. The molecule has 3 aromatic rings. The van der Waals surface area contributed by atoms with Gasteiger partial charge in [-0.2, -0.15) is 4.68 Å². The van der Waals surface area contributed by atoms with Gasteiger partial charge < -0.3 is 14.2 Å². The Balaban J connectivity index is 1.81. The van der Waals surface area contributed by atoms with Crippen LogP contribution in [0.1, 0.15) is 11.6 Å². The van der Waals surface area contributed by atoms with Crippen LogP contribution < -0.4 is 15.0 Å². The fraction of sp³-hybridized carbons (Fsp3) is 0.222. The summed E-state index contributed by atoms with van der Waals surface area (Å²) in [5, 5.41) is 8.32. The Hall–Kier alpha value is -3.42. The van der Waals surface area contributed by atoms with Crippen LogP contribution in [0.5, 0.6) is 11.5 Å². The molecule has 1 aliphatic rings. The van der Waals surface area contributed by atoms with E-state index in [1.807, 2.05) is 30.3 Å². The van der Waals surface area contributed by atoms with Crippen LogP contribution in [0, 0.1) is 0 Å². The maximum absolute atomic E-state index is 12.9. The van der Waals surface area contributed by atoms with E-state index in [1.165, 1.54) is 7.11 Å². The zero-order chi connectivity index (χ0) is 18.1. The fourth-order valence-corrected chi connectivity index (χ4v) is 2.89. The van der Waals surface area contributed by atoms with E-state index >= 15 is 0 Å². The zero-order valence-corrected chi connectivity index (χ0v) is 13.9. The molecule has 0 spiro atoms. The second-order valence-electron chi connectivity index (χ2n) is 5.79. The lowest BCUT2D eigenvalue weighted by Crippen LogP contribution is -2.34. The van der Waals surface area contributed by atoms with E-state index in [-0.39, 0.29) is 13.2 Å². The van der Waals surface area contributed by atoms with Gasteiger partial charge in [0, 0.05) is 12.5 Å². The Kier molecular flexibility index (Phi) is 4.00. The Bertz CT molecular complexity index is 1030. The number of esters is 1. The van der Waals surface area contributed by atoms with E-state index in [1.54, 1.807) is 12.1 Å². The number of carbonyl (C=O) groups is 1. The van der Waals surface area contributed by atoms with Crippen molar-refractivity contribution in [2.75, 3.05) is 13.9 Å². The van der Waals surface area contributed by atoms with Crippen LogP contribution in [0.15, 0.2) is 47.3 Å². The van der Waals surface area contributed by atoms with Crippen molar-refractivity contribution in [2.24, 2.45) is 0 Å². The summed E-state index contributed by atoms with van der Waals surface area (Å²) < 4.78 is 16.5. The van der Waals surface area contributed by atoms with Crippen LogP contribution in [0.3, 0.4) is 0 Å². The third-order valence-electron chi connectivity index (χ3n) is 4.22. The monoisotopic (exact) mass is 353 g/mol. The van der Waals surface area contributed by atoms with E-state index in [0.29, 0.717) is 22.4 Å². The molecular weight excluding hydrogens is 338 g/mol. The minimum Gasteiger partial charge on any atom is -0.467 e. The Morgan fingerprint density at radius 1 is 1.23 bits per heavy atom. The smallest absolute Gasteiger partial charge is 0.331 e. The molecule has 0 bridgehead atoms. The molecule has 0 aliphatic carbocycles. The van der Waals surface area contributed by atoms with Crippen molar-refractivity contribution in [3.8, 4) is 11.5 Å². The average molecular weight is 353 g/mol. The molecule has 8 heteroatoms. The van der Waals surface area contributed by atoms with E-state index in [4.69, 9.17) is 14.2 Å². The highest BCUT2D eigenvalue weighted by atomic mass is 16.7. The van der Waals surface area contributed by atoms with Crippen LogP contribution in [0.4, 0.5) is 0 Å². The van der Waals surface area contributed by atoms with Crippen LogP contribution in [-0.4, -0.2) is 34.9 Å². The molecule has 2 heterocycles. The number of hydrogen-bond donors (Lipinski definition) is 0. The zero-order valence-electron chi connectivity index (χ0n) is 13.9. The van der Waals surface area contributed by atoms with Gasteiger partial charge >= 0.3 is 5.97 Å². The Morgan fingerprint density at radius 2 is 1.96 bits per heavy atom. The number of ether oxygens (including phenoxy) is 3. The highest BCUT2D eigenvalue weighted by Gasteiger charge is 2.26. The molecule has 0 fully saturated rings. The molecule has 4 rings (SSSR count). The predicted molar refractivity (Wildman–Crippen MR) is 91.1 cm³/mol. The number of hydrogen-bond acceptors (Lipinski definition) is 7. The molecule has 2 aromatic carbocycles. The molecule has 1 unspecified atom stereocenters. The van der Waals surface area contributed by atoms with Gasteiger partial charge in [-0.1, -0.05) is 35.5 Å². The molecule has 1 aromatic heterocycles. The summed E-state index contributed by atoms with van der Waals surface area (Å²) >= 11 is 0. The molecule has 0 saturated carbocycles. The van der Waals surface area contributed by atoms with Gasteiger partial charge in [0.1, 0.15) is 5.52 Å². The van der Waals surface area contributed by atoms with E-state index < -0.39 is 17.6 Å². The Labute approximate surface area is 147 Å². The van der Waals surface area contributed by atoms with Crippen LogP contribution in [0.2, 0.25) is 0 Å². The Morgan fingerprint density at radius 3 is 2.69 bits per heavy atom. The van der Waals surface area contributed by atoms with Crippen molar-refractivity contribution in [1.82, 2.24) is 15.0 Å². The summed E-state index contributed by atoms with van der Waals surface area (Å²) in [5.74, 6) is 0.412. The highest BCUT2D eigenvalue weighted by Crippen LogP contribution is 2.34. The first-order valence-electron chi connectivity index (χ1n) is 7.98. The summed E-state index contributed by atoms with van der Waals surface area (Å²) in [6, 6.07) is 11.6. The lowest BCUT2D eigenvalue weighted by molar-refractivity contribution is -0.145. The first kappa shape index (κ1) is 16.1. The lowest BCUT2D eigenvalue weighted by atomic mass is 10.1. The topological polar surface area (TPSA) is 92.5 Å². The SMILES string of the molecule is COC(=O)C(Cc1ccccc1)n1nnc2cc3c(cc2c1=O)OCO3. The first-order chi connectivity index (χ1) is 12.7. The van der Waals surface area contributed by atoms with Gasteiger partial charge in [0.25, 0.3) is 5.56 Å². The quantitative estimate of drug-likeness (QED) is 0.656. The van der Waals surface area contributed by atoms with Crippen molar-refractivity contribution < 1.29 is 19.0 Å². The molecule has 0 N–H and O–H groups in total. The molecule has 0 radical (unpaired) electrons. The minimum absolute atomic E-state index is 0.0894. The standard InChI is InChI=1S/C18H15N3O5/c1-24-18(23)14(7-11-5-3-2-4-6-11)21-17(22)12-8-15-16(26-10-25-15)9-13(12)19-20-21/h2-6,8-9,14H,7,10H2,1H3. The summed E-state index contributed by atoms with van der Waals surface area (Å²) in [7, 11) is 1.28. The highest BCUT2D eigenvalue weighted by molar-refractivity contribution is 5.82. The number of carbonyl (C=O) groups excluding carboxylic acids is 1. The lowest BCUT2D eigenvalue weighted by Gasteiger charge is -2.16. The van der Waals surface area contributed by atoms with Crippen LogP contribution >= 0.6 is 0 Å². The second kappa shape index (κ2) is 6.47. The molecule has 0 amide bonds. The number of aromatic nitrogens is 3. The van der Waals surface area contributed by atoms with Gasteiger partial charge in [-0.05, 0) is 11.6 Å². The largest absolute Gasteiger partial charge is 0.467 e. The maximum Gasteiger partial charge on any atom is 0.331 e. The normalized spacial score (nSPS) is 13.6. The summed E-state index contributed by atoms with van der Waals surface area (Å²) in [5.41, 5.74) is 0.806. The molecule has 8 nitrogen and oxygen atoms in total. The van der Waals surface area contributed by atoms with Gasteiger partial charge in [0.05, 0.1) is 12.5 Å². The van der Waals surface area contributed by atoms with E-state index in [9.17, 15) is 9.59 Å². The van der Waals surface area contributed by atoms with Gasteiger partial charge in [-0.25, -0.2) is 4.79 Å². The number of fused-ring (bicyclic) bond motifs is 2. The van der Waals surface area contributed by atoms with Crippen molar-refractivity contribution in [3.63, 3.8) is 0 Å². The number of nitrogens with zero attached hydrogens (tertiary/aromatic N) is 3. The number of rotatable bonds is 4. The van der Waals surface area contributed by atoms with Crippen LogP contribution in [0.25, 0.3) is 10.9 Å². The van der Waals surface area contributed by atoms with Gasteiger partial charge in [-0.15, -0.1) is 5.10 Å². The molecule has 0 saturated heterocycles.